The molecule has 2 fully saturated rings. The molecule has 0 unspecified atom stereocenters. The number of esters is 1. The van der Waals surface area contributed by atoms with Crippen LogP contribution in [-0.4, -0.2) is 78.1 Å². The lowest BCUT2D eigenvalue weighted by molar-refractivity contribution is -0.147. The van der Waals surface area contributed by atoms with Crippen molar-refractivity contribution in [1.82, 2.24) is 20.1 Å². The Labute approximate surface area is 219 Å². The number of aromatic nitrogens is 1. The van der Waals surface area contributed by atoms with Crippen molar-refractivity contribution in [2.45, 2.75) is 57.7 Å². The van der Waals surface area contributed by atoms with Gasteiger partial charge in [0.15, 0.2) is 0 Å². The number of rotatable bonds is 7. The summed E-state index contributed by atoms with van der Waals surface area (Å²) in [5.41, 5.74) is 5.34. The van der Waals surface area contributed by atoms with Crippen molar-refractivity contribution in [3.05, 3.63) is 70.9 Å². The van der Waals surface area contributed by atoms with E-state index >= 15 is 0 Å². The minimum atomic E-state index is -0.312. The molecular weight excluding hydrogens is 464 g/mol. The molecule has 3 aromatic rings. The number of aryl methyl sites for hydroxylation is 2. The molecule has 37 heavy (non-hydrogen) atoms. The normalized spacial score (nSPS) is 21.4. The molecule has 0 radical (unpaired) electrons. The van der Waals surface area contributed by atoms with Crippen molar-refractivity contribution in [2.24, 2.45) is 0 Å². The molecule has 2 atom stereocenters. The van der Waals surface area contributed by atoms with E-state index in [0.717, 1.165) is 61.1 Å². The number of H-pyrrole nitrogens is 1. The Morgan fingerprint density at radius 3 is 2.57 bits per heavy atom. The third kappa shape index (κ3) is 5.58. The first-order chi connectivity index (χ1) is 17.9. The molecule has 0 saturated carbocycles. The average Bonchev–Trinajstić information content (AvgIpc) is 3.47. The minimum Gasteiger partial charge on any atom is -0.468 e. The second-order valence-corrected chi connectivity index (χ2v) is 10.6. The van der Waals surface area contributed by atoms with Crippen LogP contribution >= 0.6 is 0 Å². The van der Waals surface area contributed by atoms with Crippen LogP contribution in [0.2, 0.25) is 0 Å². The Hall–Kier alpha value is -3.16. The lowest BCUT2D eigenvalue weighted by Gasteiger charge is -2.38. The highest BCUT2D eigenvalue weighted by Gasteiger charge is 2.42. The fourth-order valence-electron chi connectivity index (χ4n) is 6.01. The van der Waals surface area contributed by atoms with E-state index < -0.39 is 0 Å². The van der Waals surface area contributed by atoms with E-state index in [0.29, 0.717) is 24.6 Å². The summed E-state index contributed by atoms with van der Waals surface area (Å²) in [4.78, 5) is 34.0. The molecular formula is C30H38N4O3. The topological polar surface area (TPSA) is 77.7 Å². The first kappa shape index (κ1) is 25.5. The number of hydrogen-bond acceptors (Lipinski definition) is 5. The maximum atomic E-state index is 13.2. The molecule has 3 heterocycles. The number of carbonyl (C=O) groups excluding carboxylic acids is 2. The minimum absolute atomic E-state index is 0.0857. The Balaban J connectivity index is 1.20. The fraction of sp³-hybridized carbons (Fsp3) is 0.467. The van der Waals surface area contributed by atoms with Crippen molar-refractivity contribution in [1.29, 1.82) is 0 Å². The molecule has 2 aromatic carbocycles. The maximum absolute atomic E-state index is 13.2. The monoisotopic (exact) mass is 502 g/mol. The van der Waals surface area contributed by atoms with E-state index in [1.807, 2.05) is 25.1 Å². The molecule has 2 aliphatic rings. The number of hydrogen-bond donors (Lipinski definition) is 2. The maximum Gasteiger partial charge on any atom is 0.323 e. The summed E-state index contributed by atoms with van der Waals surface area (Å²) in [6, 6.07) is 16.3. The Morgan fingerprint density at radius 2 is 1.84 bits per heavy atom. The SMILES string of the molecule is COC(=O)[C@@H]1C[C@H](NC(=O)c2ccc3[nH]c(C)c(C)c3c2)CN1C1CCN(CCc2ccccc2)CC1. The smallest absolute Gasteiger partial charge is 0.323 e. The average molecular weight is 503 g/mol. The van der Waals surface area contributed by atoms with Crippen molar-refractivity contribution >= 4 is 22.8 Å². The Morgan fingerprint density at radius 1 is 1.08 bits per heavy atom. The van der Waals surface area contributed by atoms with Gasteiger partial charge in [-0.05, 0) is 81.9 Å². The van der Waals surface area contributed by atoms with E-state index in [4.69, 9.17) is 4.74 Å². The van der Waals surface area contributed by atoms with E-state index in [9.17, 15) is 9.59 Å². The van der Waals surface area contributed by atoms with Gasteiger partial charge in [-0.25, -0.2) is 0 Å². The van der Waals surface area contributed by atoms with E-state index in [-0.39, 0.29) is 24.0 Å². The second-order valence-electron chi connectivity index (χ2n) is 10.6. The Kier molecular flexibility index (Phi) is 7.63. The van der Waals surface area contributed by atoms with Crippen LogP contribution in [0.4, 0.5) is 0 Å². The third-order valence-corrected chi connectivity index (χ3v) is 8.30. The van der Waals surface area contributed by atoms with E-state index in [1.54, 1.807) is 0 Å². The van der Waals surface area contributed by atoms with Gasteiger partial charge < -0.3 is 19.9 Å². The highest BCUT2D eigenvalue weighted by Crippen LogP contribution is 2.28. The molecule has 0 bridgehead atoms. The van der Waals surface area contributed by atoms with Gasteiger partial charge in [-0.15, -0.1) is 0 Å². The van der Waals surface area contributed by atoms with Gasteiger partial charge in [0.25, 0.3) is 5.91 Å². The molecule has 0 spiro atoms. The lowest BCUT2D eigenvalue weighted by atomic mass is 10.0. The summed E-state index contributed by atoms with van der Waals surface area (Å²) >= 11 is 0. The number of methoxy groups -OCH3 is 1. The third-order valence-electron chi connectivity index (χ3n) is 8.30. The molecule has 1 aromatic heterocycles. The van der Waals surface area contributed by atoms with Crippen LogP contribution < -0.4 is 5.32 Å². The van der Waals surface area contributed by atoms with E-state index in [2.05, 4.69) is 57.4 Å². The first-order valence-electron chi connectivity index (χ1n) is 13.4. The van der Waals surface area contributed by atoms with Gasteiger partial charge in [0, 0.05) is 47.3 Å². The highest BCUT2D eigenvalue weighted by molar-refractivity contribution is 5.99. The molecule has 1 amide bonds. The van der Waals surface area contributed by atoms with Crippen molar-refractivity contribution in [3.8, 4) is 0 Å². The fourth-order valence-corrected chi connectivity index (χ4v) is 6.01. The predicted molar refractivity (Wildman–Crippen MR) is 146 cm³/mol. The second kappa shape index (κ2) is 11.1. The van der Waals surface area contributed by atoms with Crippen LogP contribution in [0, 0.1) is 13.8 Å². The lowest BCUT2D eigenvalue weighted by Crippen LogP contribution is -2.49. The molecule has 0 aliphatic carbocycles. The van der Waals surface area contributed by atoms with Crippen molar-refractivity contribution in [3.63, 3.8) is 0 Å². The summed E-state index contributed by atoms with van der Waals surface area (Å²) in [5, 5.41) is 4.28. The Bertz CT molecular complexity index is 1250. The molecule has 2 aliphatic heterocycles. The zero-order chi connectivity index (χ0) is 25.9. The number of amides is 1. The first-order valence-corrected chi connectivity index (χ1v) is 13.4. The molecule has 7 heteroatoms. The number of nitrogens with zero attached hydrogens (tertiary/aromatic N) is 2. The summed E-state index contributed by atoms with van der Waals surface area (Å²) in [6.07, 6.45) is 3.68. The van der Waals surface area contributed by atoms with Crippen molar-refractivity contribution in [2.75, 3.05) is 33.3 Å². The number of carbonyl (C=O) groups is 2. The zero-order valence-corrected chi connectivity index (χ0v) is 22.1. The molecule has 5 rings (SSSR count). The van der Waals surface area contributed by atoms with Gasteiger partial charge >= 0.3 is 5.97 Å². The summed E-state index contributed by atoms with van der Waals surface area (Å²) in [6.45, 7) is 7.88. The van der Waals surface area contributed by atoms with Gasteiger partial charge in [-0.2, -0.15) is 0 Å². The highest BCUT2D eigenvalue weighted by atomic mass is 16.5. The van der Waals surface area contributed by atoms with Gasteiger partial charge in [-0.1, -0.05) is 30.3 Å². The van der Waals surface area contributed by atoms with Gasteiger partial charge in [0.05, 0.1) is 7.11 Å². The zero-order valence-electron chi connectivity index (χ0n) is 22.1. The van der Waals surface area contributed by atoms with E-state index in [1.165, 1.54) is 12.7 Å². The van der Waals surface area contributed by atoms with Gasteiger partial charge in [-0.3, -0.25) is 14.5 Å². The standard InChI is InChI=1S/C30H38N4O3/c1-20-21(2)31-27-10-9-23(17-26(20)27)29(35)32-24-18-28(30(36)37-3)34(19-24)25-12-15-33(16-13-25)14-11-22-7-5-4-6-8-22/h4-10,17,24-25,28,31H,11-16,18-19H2,1-3H3,(H,32,35)/t24-,28-/m0/s1. The number of likely N-dealkylation sites (tertiary alicyclic amines) is 2. The number of benzene rings is 2. The van der Waals surface area contributed by atoms with Crippen molar-refractivity contribution < 1.29 is 14.3 Å². The van der Waals surface area contributed by atoms with Crippen LogP contribution in [-0.2, 0) is 16.0 Å². The number of aromatic amines is 1. The number of nitrogens with one attached hydrogen (secondary N) is 2. The van der Waals surface area contributed by atoms with Crippen LogP contribution in [0.3, 0.4) is 0 Å². The largest absolute Gasteiger partial charge is 0.468 e. The number of fused-ring (bicyclic) bond motifs is 1. The van der Waals surface area contributed by atoms with Crippen LogP contribution in [0.1, 0.15) is 46.4 Å². The van der Waals surface area contributed by atoms with Gasteiger partial charge in [0.1, 0.15) is 6.04 Å². The predicted octanol–water partition coefficient (Wildman–Crippen LogP) is 3.84. The molecule has 7 nitrogen and oxygen atoms in total. The molecule has 196 valence electrons. The summed E-state index contributed by atoms with van der Waals surface area (Å²) < 4.78 is 5.16. The van der Waals surface area contributed by atoms with Crippen LogP contribution in [0.5, 0.6) is 0 Å². The van der Waals surface area contributed by atoms with Gasteiger partial charge in [0.2, 0.25) is 0 Å². The molecule has 2 N–H and O–H groups in total. The quantitative estimate of drug-likeness (QED) is 0.480. The summed E-state index contributed by atoms with van der Waals surface area (Å²) in [5.74, 6) is -0.297. The summed E-state index contributed by atoms with van der Waals surface area (Å²) in [7, 11) is 1.45. The number of ether oxygens (including phenoxy) is 1. The van der Waals surface area contributed by atoms with Crippen LogP contribution in [0.25, 0.3) is 10.9 Å². The number of piperidine rings is 1. The molecule has 2 saturated heterocycles. The van der Waals surface area contributed by atoms with Crippen LogP contribution in [0.15, 0.2) is 48.5 Å².